The van der Waals surface area contributed by atoms with Gasteiger partial charge in [0, 0.05) is 49.7 Å². The minimum Gasteiger partial charge on any atom is -0.494 e. The number of carbonyl (C=O) groups is 1. The normalized spacial score (nSPS) is 13.2. The third-order valence-corrected chi connectivity index (χ3v) is 8.08. The Morgan fingerprint density at radius 2 is 1.66 bits per heavy atom. The fourth-order valence-corrected chi connectivity index (χ4v) is 5.41. The van der Waals surface area contributed by atoms with Crippen molar-refractivity contribution in [1.29, 1.82) is 0 Å². The molecule has 2 N–H and O–H groups in total. The number of hydrogen-bond donors (Lipinski definition) is 2. The summed E-state index contributed by atoms with van der Waals surface area (Å²) in [5.41, 5.74) is 3.04. The van der Waals surface area contributed by atoms with Gasteiger partial charge in [0.05, 0.1) is 74.5 Å². The number of methoxy groups -OCH3 is 1. The molecule has 0 atom stereocenters. The van der Waals surface area contributed by atoms with E-state index >= 15 is 0 Å². The van der Waals surface area contributed by atoms with Gasteiger partial charge in [0.25, 0.3) is 0 Å². The number of hydrogen-bond acceptors (Lipinski definition) is 9. The lowest BCUT2D eigenvalue weighted by Gasteiger charge is -2.32. The summed E-state index contributed by atoms with van der Waals surface area (Å²) in [5.74, 6) is -1.45. The fraction of sp³-hybridized carbons (Fsp3) is 0.267. The average molecular weight is 643 g/mol. The number of aromatic nitrogens is 4. The molecule has 11 nitrogen and oxygen atoms in total. The van der Waals surface area contributed by atoms with Crippen LogP contribution in [0, 0.1) is 0 Å². The molecule has 20 heteroatoms. The predicted molar refractivity (Wildman–Crippen MR) is 206 cm³/mol. The number of ether oxygens (including phenoxy) is 2. The van der Waals surface area contributed by atoms with Crippen molar-refractivity contribution in [1.82, 2.24) is 24.6 Å². The number of morpholine rings is 1. The van der Waals surface area contributed by atoms with Crippen LogP contribution >= 0.6 is 0 Å². The molecule has 3 heterocycles. The molecule has 2 aromatic heterocycles. The minimum atomic E-state index is -1.02. The summed E-state index contributed by atoms with van der Waals surface area (Å²) in [6.07, 6.45) is 4.37. The molecule has 0 spiro atoms. The summed E-state index contributed by atoms with van der Waals surface area (Å²) in [5, 5.41) is 10.8. The fourth-order valence-electron chi connectivity index (χ4n) is 5.41. The summed E-state index contributed by atoms with van der Waals surface area (Å²) in [4.78, 5) is 25.0. The van der Waals surface area contributed by atoms with Gasteiger partial charge in [0.15, 0.2) is 5.82 Å². The molecule has 0 saturated carbocycles. The number of rotatable bonds is 12. The van der Waals surface area contributed by atoms with E-state index in [9.17, 15) is 4.79 Å². The molecule has 18 radical (unpaired) electrons. The van der Waals surface area contributed by atoms with Crippen LogP contribution < -0.4 is 47.6 Å². The van der Waals surface area contributed by atoms with Crippen LogP contribution in [0.3, 0.4) is 0 Å². The van der Waals surface area contributed by atoms with Gasteiger partial charge in [-0.05, 0) is 17.7 Å². The zero-order valence-electron chi connectivity index (χ0n) is 27.5. The van der Waals surface area contributed by atoms with Crippen LogP contribution in [-0.4, -0.2) is 146 Å². The van der Waals surface area contributed by atoms with Crippen molar-refractivity contribution in [3.8, 4) is 22.8 Å². The van der Waals surface area contributed by atoms with E-state index in [0.717, 1.165) is 5.69 Å². The Hall–Kier alpha value is -4.16. The third kappa shape index (κ3) is 7.76. The molecule has 5 rings (SSSR count). The largest absolute Gasteiger partial charge is 0.494 e. The van der Waals surface area contributed by atoms with Crippen molar-refractivity contribution in [2.24, 2.45) is 0 Å². The Morgan fingerprint density at radius 3 is 2.26 bits per heavy atom. The van der Waals surface area contributed by atoms with Gasteiger partial charge in [-0.3, -0.25) is 4.79 Å². The van der Waals surface area contributed by atoms with Crippen LogP contribution in [-0.2, 0) is 16.1 Å². The zero-order valence-corrected chi connectivity index (χ0v) is 27.5. The smallest absolute Gasteiger partial charge is 0.247 e. The van der Waals surface area contributed by atoms with Gasteiger partial charge in [-0.15, -0.1) is 16.4 Å². The van der Waals surface area contributed by atoms with E-state index < -0.39 is 11.7 Å². The van der Waals surface area contributed by atoms with Crippen molar-refractivity contribution < 1.29 is 14.3 Å². The van der Waals surface area contributed by atoms with E-state index in [0.29, 0.717) is 54.8 Å². The van der Waals surface area contributed by atoms with Gasteiger partial charge in [-0.25, -0.2) is 9.67 Å². The van der Waals surface area contributed by atoms with E-state index in [1.54, 1.807) is 18.3 Å². The molecule has 1 fully saturated rings. The summed E-state index contributed by atoms with van der Waals surface area (Å²) in [6.45, 7) is 5.94. The number of nitrogens with one attached hydrogen (secondary N) is 2. The molecule has 230 valence electrons. The van der Waals surface area contributed by atoms with Gasteiger partial charge in [-0.2, -0.15) is 10.1 Å². The lowest BCUT2D eigenvalue weighted by molar-refractivity contribution is -0.111. The molecule has 0 aliphatic carbocycles. The highest BCUT2D eigenvalue weighted by Crippen LogP contribution is 2.38. The van der Waals surface area contributed by atoms with Crippen molar-refractivity contribution in [2.45, 2.75) is 18.2 Å². The Labute approximate surface area is 303 Å². The van der Waals surface area contributed by atoms with Crippen molar-refractivity contribution in [2.75, 3.05) is 48.9 Å². The van der Waals surface area contributed by atoms with Gasteiger partial charge in [0.1, 0.15) is 45.0 Å². The predicted octanol–water partition coefficient (Wildman–Crippen LogP) is -3.95. The quantitative estimate of drug-likeness (QED) is 0.118. The van der Waals surface area contributed by atoms with Crippen LogP contribution in [0.4, 0.5) is 23.0 Å². The molecule has 1 amide bonds. The van der Waals surface area contributed by atoms with Gasteiger partial charge in [0.2, 0.25) is 11.9 Å². The van der Waals surface area contributed by atoms with Crippen LogP contribution in [0.25, 0.3) is 17.1 Å². The van der Waals surface area contributed by atoms with Crippen LogP contribution in [0.2, 0.25) is 0 Å². The number of nitrogens with zero attached hydrogens (tertiary/aromatic N) is 6. The van der Waals surface area contributed by atoms with Crippen molar-refractivity contribution in [3.63, 3.8) is 0 Å². The molecule has 0 unspecified atom stereocenters. The van der Waals surface area contributed by atoms with E-state index in [4.69, 9.17) is 85.2 Å². The standard InChI is InChI=1S/C30H25B9N8O3/c1-3-20(48)41-15-10-16(18(49-2)11-17(15)45-6-8-50-9-7-45)42-30-40-5-4-19(43-30)47-13-14(12-46(28(36)37)29(38)39)27(44-47)21-22(31)24(33)26(35)25(34)23(21)32/h3-5,10-11,13,28-29H,1,6-9,12H2,2H3,(H,41,48)(H,40,42,43). The maximum Gasteiger partial charge on any atom is 0.247 e. The Morgan fingerprint density at radius 1 is 1.02 bits per heavy atom. The summed E-state index contributed by atoms with van der Waals surface area (Å²) in [6, 6.07) is 5.17. The number of amides is 1. The topological polar surface area (TPSA) is 110 Å². The van der Waals surface area contributed by atoms with Crippen LogP contribution in [0.5, 0.6) is 5.75 Å². The van der Waals surface area contributed by atoms with E-state index in [2.05, 4.69) is 32.1 Å². The van der Waals surface area contributed by atoms with Gasteiger partial charge >= 0.3 is 0 Å². The first-order valence-electron chi connectivity index (χ1n) is 15.3. The minimum absolute atomic E-state index is 0.0236. The highest BCUT2D eigenvalue weighted by molar-refractivity contribution is 6.68. The lowest BCUT2D eigenvalue weighted by Crippen LogP contribution is -2.55. The molecule has 2 aromatic carbocycles. The number of benzene rings is 2. The Bertz CT molecular complexity index is 1870. The first kappa shape index (κ1) is 37.1. The second-order valence-electron chi connectivity index (χ2n) is 11.3. The highest BCUT2D eigenvalue weighted by Gasteiger charge is 2.24. The number of anilines is 4. The molecule has 1 aliphatic heterocycles. The lowest BCUT2D eigenvalue weighted by atomic mass is 9.60. The van der Waals surface area contributed by atoms with Crippen molar-refractivity contribution >= 4 is 127 Å². The molecule has 50 heavy (non-hydrogen) atoms. The summed E-state index contributed by atoms with van der Waals surface area (Å²) < 4.78 is 12.7. The Kier molecular flexibility index (Phi) is 11.7. The second-order valence-corrected chi connectivity index (χ2v) is 11.3. The molecule has 4 aromatic rings. The van der Waals surface area contributed by atoms with E-state index in [1.165, 1.54) is 29.0 Å². The van der Waals surface area contributed by atoms with E-state index in [1.807, 2.05) is 6.07 Å². The molecular formula is C30H25B9N8O3. The number of carbonyl (C=O) groups excluding carboxylic acids is 1. The van der Waals surface area contributed by atoms with E-state index in [-0.39, 0.29) is 57.0 Å². The molecule has 1 saturated heterocycles. The van der Waals surface area contributed by atoms with Crippen LogP contribution in [0.15, 0.2) is 43.2 Å². The van der Waals surface area contributed by atoms with Gasteiger partial charge in [-0.1, -0.05) is 29.2 Å². The molecule has 0 bridgehead atoms. The van der Waals surface area contributed by atoms with Crippen LogP contribution in [0.1, 0.15) is 5.56 Å². The molecular weight excluding hydrogens is 618 g/mol. The monoisotopic (exact) mass is 644 g/mol. The maximum absolute atomic E-state index is 12.4. The van der Waals surface area contributed by atoms with Gasteiger partial charge < -0.3 is 29.9 Å². The zero-order chi connectivity index (χ0) is 36.3. The summed E-state index contributed by atoms with van der Waals surface area (Å²) >= 11 is 0. The SMILES string of the molecule is [B]c1c([B])c([B])c(-c2nn(-c3ccnc(Nc4cc(NC(=O)C=C)c(N5CCOCC5)cc4OC)n3)cc2CN(C([B])[B])C([B])[B])c([B])c1[B]. The second kappa shape index (κ2) is 15.8. The first-order valence-corrected chi connectivity index (χ1v) is 15.3. The average Bonchev–Trinajstić information content (AvgIpc) is 3.52. The Balaban J connectivity index is 1.58. The third-order valence-electron chi connectivity index (χ3n) is 8.08. The molecule has 1 aliphatic rings. The summed E-state index contributed by atoms with van der Waals surface area (Å²) in [7, 11) is 56.6. The maximum atomic E-state index is 12.4. The highest BCUT2D eigenvalue weighted by atomic mass is 16.5. The van der Waals surface area contributed by atoms with Crippen molar-refractivity contribution in [3.05, 3.63) is 48.8 Å². The first-order chi connectivity index (χ1) is 23.8.